The van der Waals surface area contributed by atoms with E-state index in [1.807, 2.05) is 60.7 Å². The summed E-state index contributed by atoms with van der Waals surface area (Å²) in [6.07, 6.45) is 5.39. The fourth-order valence-electron chi connectivity index (χ4n) is 4.18. The van der Waals surface area contributed by atoms with Crippen LogP contribution in [0.5, 0.6) is 5.75 Å². The van der Waals surface area contributed by atoms with Crippen LogP contribution >= 0.6 is 0 Å². The third-order valence-electron chi connectivity index (χ3n) is 5.86. The molecule has 0 saturated carbocycles. The Balaban J connectivity index is 1.49. The first kappa shape index (κ1) is 21.4. The summed E-state index contributed by atoms with van der Waals surface area (Å²) in [5.74, 6) is 0.615. The number of piperidine rings is 1. The second-order valence-corrected chi connectivity index (χ2v) is 8.09. The zero-order chi connectivity index (χ0) is 20.5. The van der Waals surface area contributed by atoms with Crippen molar-refractivity contribution in [1.29, 1.82) is 0 Å². The number of nitrogens with zero attached hydrogens (tertiary/aromatic N) is 1. The number of amides is 1. The molecule has 0 unspecified atom stereocenters. The van der Waals surface area contributed by atoms with Crippen molar-refractivity contribution in [1.82, 2.24) is 10.2 Å². The number of hydrogen-bond acceptors (Lipinski definition) is 3. The molecule has 1 aliphatic rings. The number of carbonyl (C=O) groups is 1. The van der Waals surface area contributed by atoms with E-state index in [0.717, 1.165) is 24.9 Å². The lowest BCUT2D eigenvalue weighted by Crippen LogP contribution is -2.44. The first-order chi connectivity index (χ1) is 14.1. The van der Waals surface area contributed by atoms with Gasteiger partial charge in [0.1, 0.15) is 5.75 Å². The van der Waals surface area contributed by atoms with Crippen molar-refractivity contribution in [3.63, 3.8) is 0 Å². The lowest BCUT2D eigenvalue weighted by Gasteiger charge is -2.39. The van der Waals surface area contributed by atoms with Gasteiger partial charge in [-0.05, 0) is 58.2 Å². The highest BCUT2D eigenvalue weighted by Gasteiger charge is 2.24. The highest BCUT2D eigenvalue weighted by Crippen LogP contribution is 2.23. The van der Waals surface area contributed by atoms with Gasteiger partial charge < -0.3 is 10.1 Å². The Labute approximate surface area is 175 Å². The van der Waals surface area contributed by atoms with Gasteiger partial charge in [0.15, 0.2) is 0 Å². The van der Waals surface area contributed by atoms with Gasteiger partial charge in [-0.25, -0.2) is 0 Å². The summed E-state index contributed by atoms with van der Waals surface area (Å²) in [6, 6.07) is 20.6. The molecule has 4 heteroatoms. The monoisotopic (exact) mass is 394 g/mol. The van der Waals surface area contributed by atoms with Crippen molar-refractivity contribution < 1.29 is 9.53 Å². The molecule has 0 radical (unpaired) electrons. The molecular weight excluding hydrogens is 360 g/mol. The predicted octanol–water partition coefficient (Wildman–Crippen LogP) is 4.97. The van der Waals surface area contributed by atoms with Crippen LogP contribution in [0.1, 0.15) is 57.6 Å². The molecule has 0 spiro atoms. The summed E-state index contributed by atoms with van der Waals surface area (Å²) in [7, 11) is 0. The number of ether oxygens (including phenoxy) is 1. The Kier molecular flexibility index (Phi) is 8.12. The van der Waals surface area contributed by atoms with Gasteiger partial charge in [0.05, 0.1) is 0 Å². The number of likely N-dealkylation sites (tertiary alicyclic amines) is 1. The molecule has 4 nitrogen and oxygen atoms in total. The van der Waals surface area contributed by atoms with Crippen LogP contribution in [-0.4, -0.2) is 36.0 Å². The first-order valence-electron chi connectivity index (χ1n) is 11.0. The van der Waals surface area contributed by atoms with E-state index < -0.39 is 6.10 Å². The van der Waals surface area contributed by atoms with Crippen molar-refractivity contribution in [2.24, 2.45) is 0 Å². The summed E-state index contributed by atoms with van der Waals surface area (Å²) in [5.41, 5.74) is 0.866. The van der Waals surface area contributed by atoms with Gasteiger partial charge >= 0.3 is 0 Å². The molecule has 1 aliphatic heterocycles. The van der Waals surface area contributed by atoms with Crippen LogP contribution in [0.25, 0.3) is 0 Å². The normalized spacial score (nSPS) is 20.8. The van der Waals surface area contributed by atoms with Crippen LogP contribution in [0.2, 0.25) is 0 Å². The van der Waals surface area contributed by atoms with Gasteiger partial charge in [0.2, 0.25) is 6.10 Å². The minimum Gasteiger partial charge on any atom is -0.476 e. The molecule has 156 valence electrons. The van der Waals surface area contributed by atoms with E-state index in [-0.39, 0.29) is 5.91 Å². The molecule has 2 aromatic rings. The Morgan fingerprint density at radius 1 is 1.00 bits per heavy atom. The lowest BCUT2D eigenvalue weighted by molar-refractivity contribution is -0.128. The lowest BCUT2D eigenvalue weighted by atomic mass is 9.97. The predicted molar refractivity (Wildman–Crippen MR) is 118 cm³/mol. The second-order valence-electron chi connectivity index (χ2n) is 8.09. The minimum atomic E-state index is -0.638. The van der Waals surface area contributed by atoms with E-state index in [1.54, 1.807) is 0 Å². The topological polar surface area (TPSA) is 41.6 Å². The van der Waals surface area contributed by atoms with Gasteiger partial charge in [0.25, 0.3) is 5.91 Å². The Bertz CT molecular complexity index is 725. The summed E-state index contributed by atoms with van der Waals surface area (Å²) >= 11 is 0. The number of para-hydroxylation sites is 1. The third kappa shape index (κ3) is 6.33. The molecule has 1 amide bonds. The number of rotatable bonds is 9. The average molecular weight is 395 g/mol. The Morgan fingerprint density at radius 3 is 2.28 bits per heavy atom. The summed E-state index contributed by atoms with van der Waals surface area (Å²) in [5, 5.41) is 3.08. The number of carbonyl (C=O) groups excluding carboxylic acids is 1. The second kappa shape index (κ2) is 11.0. The molecule has 1 heterocycles. The molecule has 3 rings (SSSR count). The van der Waals surface area contributed by atoms with E-state index in [9.17, 15) is 4.79 Å². The van der Waals surface area contributed by atoms with E-state index >= 15 is 0 Å². The van der Waals surface area contributed by atoms with Crippen molar-refractivity contribution in [2.75, 3.05) is 13.1 Å². The van der Waals surface area contributed by atoms with E-state index in [2.05, 4.69) is 24.1 Å². The van der Waals surface area contributed by atoms with Gasteiger partial charge in [-0.1, -0.05) is 55.0 Å². The van der Waals surface area contributed by atoms with Crippen LogP contribution in [0.15, 0.2) is 60.7 Å². The molecule has 0 aromatic heterocycles. The van der Waals surface area contributed by atoms with Crippen LogP contribution < -0.4 is 10.1 Å². The minimum absolute atomic E-state index is 0.0836. The number of nitrogens with one attached hydrogen (secondary N) is 1. The van der Waals surface area contributed by atoms with Crippen LogP contribution in [-0.2, 0) is 4.79 Å². The van der Waals surface area contributed by atoms with Gasteiger partial charge in [0, 0.05) is 24.2 Å². The smallest absolute Gasteiger partial charge is 0.265 e. The summed E-state index contributed by atoms with van der Waals surface area (Å²) in [4.78, 5) is 15.5. The van der Waals surface area contributed by atoms with Gasteiger partial charge in [-0.3, -0.25) is 9.69 Å². The molecule has 1 saturated heterocycles. The maximum atomic E-state index is 12.9. The molecule has 29 heavy (non-hydrogen) atoms. The Morgan fingerprint density at radius 2 is 1.62 bits per heavy atom. The van der Waals surface area contributed by atoms with E-state index in [0.29, 0.717) is 24.4 Å². The fourth-order valence-corrected chi connectivity index (χ4v) is 4.18. The SMILES string of the molecule is C[C@@H]1CCC[C@H](C)N1CCCCNC(=O)[C@@H](Oc1ccccc1)c1ccccc1. The quantitative estimate of drug-likeness (QED) is 0.611. The fraction of sp³-hybridized carbons (Fsp3) is 0.480. The highest BCUT2D eigenvalue weighted by atomic mass is 16.5. The molecule has 1 fully saturated rings. The molecule has 1 N–H and O–H groups in total. The number of benzene rings is 2. The molecule has 0 aliphatic carbocycles. The zero-order valence-electron chi connectivity index (χ0n) is 17.7. The summed E-state index contributed by atoms with van der Waals surface area (Å²) in [6.45, 7) is 6.46. The molecular formula is C25H34N2O2. The van der Waals surface area contributed by atoms with Crippen LogP contribution in [0.3, 0.4) is 0 Å². The number of hydrogen-bond donors (Lipinski definition) is 1. The van der Waals surface area contributed by atoms with Crippen molar-refractivity contribution in [2.45, 2.75) is 64.1 Å². The van der Waals surface area contributed by atoms with Crippen molar-refractivity contribution >= 4 is 5.91 Å². The van der Waals surface area contributed by atoms with E-state index in [1.165, 1.54) is 19.3 Å². The van der Waals surface area contributed by atoms with Gasteiger partial charge in [-0.15, -0.1) is 0 Å². The van der Waals surface area contributed by atoms with E-state index in [4.69, 9.17) is 4.74 Å². The first-order valence-corrected chi connectivity index (χ1v) is 11.0. The van der Waals surface area contributed by atoms with Crippen molar-refractivity contribution in [3.05, 3.63) is 66.2 Å². The maximum Gasteiger partial charge on any atom is 0.265 e. The Hall–Kier alpha value is -2.33. The number of unbranched alkanes of at least 4 members (excludes halogenated alkanes) is 1. The van der Waals surface area contributed by atoms with Crippen LogP contribution in [0.4, 0.5) is 0 Å². The maximum absolute atomic E-state index is 12.9. The van der Waals surface area contributed by atoms with Crippen molar-refractivity contribution in [3.8, 4) is 5.75 Å². The van der Waals surface area contributed by atoms with Crippen LogP contribution in [0, 0.1) is 0 Å². The zero-order valence-corrected chi connectivity index (χ0v) is 17.7. The molecule has 2 aromatic carbocycles. The molecule has 0 bridgehead atoms. The summed E-state index contributed by atoms with van der Waals surface area (Å²) < 4.78 is 6.02. The molecule has 3 atom stereocenters. The highest BCUT2D eigenvalue weighted by molar-refractivity contribution is 5.82. The third-order valence-corrected chi connectivity index (χ3v) is 5.86. The standard InChI is InChI=1S/C25H34N2O2/c1-20-12-11-13-21(2)27(20)19-10-9-18-26-25(28)24(22-14-5-3-6-15-22)29-23-16-7-4-8-17-23/h3-8,14-17,20-21,24H,9-13,18-19H2,1-2H3,(H,26,28)/t20-,21+,24-/m0/s1. The van der Waals surface area contributed by atoms with Gasteiger partial charge in [-0.2, -0.15) is 0 Å². The largest absolute Gasteiger partial charge is 0.476 e. The average Bonchev–Trinajstić information content (AvgIpc) is 2.75.